The predicted octanol–water partition coefficient (Wildman–Crippen LogP) is 5.12. The largest absolute Gasteiger partial charge is 0.298 e. The van der Waals surface area contributed by atoms with Gasteiger partial charge in [-0.1, -0.05) is 37.9 Å². The van der Waals surface area contributed by atoms with Gasteiger partial charge in [0.25, 0.3) is 0 Å². The molecule has 0 fully saturated rings. The fourth-order valence-corrected chi connectivity index (χ4v) is 3.22. The second kappa shape index (κ2) is 6.02. The third kappa shape index (κ3) is 2.50. The summed E-state index contributed by atoms with van der Waals surface area (Å²) >= 11 is 7.01. The van der Waals surface area contributed by atoms with Crippen molar-refractivity contribution in [1.29, 1.82) is 0 Å². The van der Waals surface area contributed by atoms with E-state index in [0.717, 1.165) is 43.8 Å². The highest BCUT2D eigenvalue weighted by molar-refractivity contribution is 9.11. The summed E-state index contributed by atoms with van der Waals surface area (Å²) in [5, 5.41) is 0. The summed E-state index contributed by atoms with van der Waals surface area (Å²) in [4.78, 5) is 22.5. The van der Waals surface area contributed by atoms with Crippen LogP contribution in [0.3, 0.4) is 0 Å². The Labute approximate surface area is 134 Å². The van der Waals surface area contributed by atoms with Gasteiger partial charge in [0.1, 0.15) is 6.29 Å². The van der Waals surface area contributed by atoms with Crippen molar-refractivity contribution in [3.63, 3.8) is 0 Å². The number of hydrogen-bond donors (Lipinski definition) is 0. The van der Waals surface area contributed by atoms with Crippen LogP contribution in [0.2, 0.25) is 0 Å². The van der Waals surface area contributed by atoms with Gasteiger partial charge in [-0.15, -0.1) is 0 Å². The number of aldehydes is 2. The average molecular weight is 396 g/mol. The molecule has 2 aromatic rings. The monoisotopic (exact) mass is 394 g/mol. The normalized spacial score (nSPS) is 10.4. The van der Waals surface area contributed by atoms with Crippen molar-refractivity contribution in [3.8, 4) is 11.1 Å². The fraction of sp³-hybridized carbons (Fsp3) is 0.125. The lowest BCUT2D eigenvalue weighted by molar-refractivity contribution is 0.111. The van der Waals surface area contributed by atoms with Crippen LogP contribution in [0.5, 0.6) is 0 Å². The number of hydrogen-bond acceptors (Lipinski definition) is 2. The maximum atomic E-state index is 11.3. The van der Waals surface area contributed by atoms with Crippen LogP contribution in [0.25, 0.3) is 11.1 Å². The molecule has 0 atom stereocenters. The lowest BCUT2D eigenvalue weighted by Crippen LogP contribution is -1.98. The minimum Gasteiger partial charge on any atom is -0.298 e. The van der Waals surface area contributed by atoms with E-state index >= 15 is 0 Å². The zero-order valence-electron chi connectivity index (χ0n) is 11.0. The molecule has 0 spiro atoms. The number of carbonyl (C=O) groups is 2. The van der Waals surface area contributed by atoms with E-state index in [1.807, 2.05) is 26.0 Å². The first kappa shape index (κ1) is 15.1. The van der Waals surface area contributed by atoms with Crippen molar-refractivity contribution in [2.75, 3.05) is 0 Å². The topological polar surface area (TPSA) is 34.1 Å². The summed E-state index contributed by atoms with van der Waals surface area (Å²) in [6.07, 6.45) is 1.67. The van der Waals surface area contributed by atoms with E-state index in [1.165, 1.54) is 0 Å². The third-order valence-corrected chi connectivity index (χ3v) is 4.91. The summed E-state index contributed by atoms with van der Waals surface area (Å²) < 4.78 is 1.80. The molecule has 0 bridgehead atoms. The fourth-order valence-electron chi connectivity index (χ4n) is 2.27. The Kier molecular flexibility index (Phi) is 4.55. The first-order valence-electron chi connectivity index (χ1n) is 6.00. The Morgan fingerprint density at radius 2 is 1.30 bits per heavy atom. The molecule has 0 radical (unpaired) electrons. The minimum atomic E-state index is 0.609. The van der Waals surface area contributed by atoms with Gasteiger partial charge in [-0.05, 0) is 48.7 Å². The molecule has 20 heavy (non-hydrogen) atoms. The van der Waals surface area contributed by atoms with Gasteiger partial charge in [0.15, 0.2) is 6.29 Å². The summed E-state index contributed by atoms with van der Waals surface area (Å²) in [5.74, 6) is 0. The zero-order chi connectivity index (χ0) is 14.9. The first-order chi connectivity index (χ1) is 9.51. The van der Waals surface area contributed by atoms with Crippen molar-refractivity contribution < 1.29 is 9.59 Å². The van der Waals surface area contributed by atoms with Gasteiger partial charge in [-0.25, -0.2) is 0 Å². The smallest absolute Gasteiger partial charge is 0.150 e. The van der Waals surface area contributed by atoms with Crippen LogP contribution < -0.4 is 0 Å². The van der Waals surface area contributed by atoms with E-state index in [1.54, 1.807) is 12.1 Å². The molecule has 2 nitrogen and oxygen atoms in total. The third-order valence-electron chi connectivity index (χ3n) is 3.39. The lowest BCUT2D eigenvalue weighted by Gasteiger charge is -2.16. The Morgan fingerprint density at radius 3 is 1.90 bits per heavy atom. The number of benzene rings is 2. The standard InChI is InChI=1S/C16H12Br2O2/c1-9-11(7-19)3-6-14(18)16(9)15-10(2)13(17)5-4-12(15)8-20/h3-8H,1-2H3. The maximum absolute atomic E-state index is 11.3. The van der Waals surface area contributed by atoms with E-state index in [2.05, 4.69) is 31.9 Å². The van der Waals surface area contributed by atoms with Gasteiger partial charge in [0.05, 0.1) is 0 Å². The first-order valence-corrected chi connectivity index (χ1v) is 7.58. The molecule has 0 aromatic heterocycles. The quantitative estimate of drug-likeness (QED) is 0.675. The molecule has 2 rings (SSSR count). The summed E-state index contributed by atoms with van der Waals surface area (Å²) in [6.45, 7) is 3.84. The highest BCUT2D eigenvalue weighted by Gasteiger charge is 2.17. The molecule has 102 valence electrons. The van der Waals surface area contributed by atoms with E-state index in [9.17, 15) is 9.59 Å². The second-order valence-corrected chi connectivity index (χ2v) is 6.22. The van der Waals surface area contributed by atoms with Crippen LogP contribution in [-0.2, 0) is 0 Å². The summed E-state index contributed by atoms with van der Waals surface area (Å²) in [6, 6.07) is 7.24. The SMILES string of the molecule is Cc1c(C=O)ccc(Br)c1-c1c(C=O)ccc(Br)c1C. The number of rotatable bonds is 3. The van der Waals surface area contributed by atoms with Gasteiger partial charge in [0, 0.05) is 25.6 Å². The van der Waals surface area contributed by atoms with Crippen molar-refractivity contribution >= 4 is 44.4 Å². The molecule has 2 aromatic carbocycles. The highest BCUT2D eigenvalue weighted by Crippen LogP contribution is 2.38. The predicted molar refractivity (Wildman–Crippen MR) is 87.5 cm³/mol. The van der Waals surface area contributed by atoms with Gasteiger partial charge in [-0.2, -0.15) is 0 Å². The van der Waals surface area contributed by atoms with E-state index < -0.39 is 0 Å². The van der Waals surface area contributed by atoms with Crippen LogP contribution in [0.15, 0.2) is 33.2 Å². The molecular weight excluding hydrogens is 384 g/mol. The maximum Gasteiger partial charge on any atom is 0.150 e. The van der Waals surface area contributed by atoms with Crippen LogP contribution in [0, 0.1) is 13.8 Å². The van der Waals surface area contributed by atoms with Gasteiger partial charge in [-0.3, -0.25) is 9.59 Å². The van der Waals surface area contributed by atoms with Crippen molar-refractivity contribution in [2.24, 2.45) is 0 Å². The molecule has 0 aliphatic carbocycles. The Hall–Kier alpha value is -1.26. The van der Waals surface area contributed by atoms with E-state index in [0.29, 0.717) is 11.1 Å². The molecule has 0 heterocycles. The zero-order valence-corrected chi connectivity index (χ0v) is 14.2. The van der Waals surface area contributed by atoms with Gasteiger partial charge < -0.3 is 0 Å². The van der Waals surface area contributed by atoms with Gasteiger partial charge in [0.2, 0.25) is 0 Å². The van der Waals surface area contributed by atoms with Crippen LogP contribution >= 0.6 is 31.9 Å². The Morgan fingerprint density at radius 1 is 0.750 bits per heavy atom. The molecule has 0 N–H and O–H groups in total. The molecule has 0 amide bonds. The van der Waals surface area contributed by atoms with Crippen LogP contribution in [0.4, 0.5) is 0 Å². The molecule has 4 heteroatoms. The summed E-state index contributed by atoms with van der Waals surface area (Å²) in [7, 11) is 0. The summed E-state index contributed by atoms with van der Waals surface area (Å²) in [5.41, 5.74) is 4.80. The van der Waals surface area contributed by atoms with Gasteiger partial charge >= 0.3 is 0 Å². The van der Waals surface area contributed by atoms with E-state index in [4.69, 9.17) is 0 Å². The molecule has 0 saturated carbocycles. The molecule has 0 aliphatic rings. The van der Waals surface area contributed by atoms with Crippen molar-refractivity contribution in [3.05, 3.63) is 55.5 Å². The molecule has 0 saturated heterocycles. The van der Waals surface area contributed by atoms with Crippen molar-refractivity contribution in [1.82, 2.24) is 0 Å². The Bertz CT molecular complexity index is 706. The molecular formula is C16H12Br2O2. The lowest BCUT2D eigenvalue weighted by atomic mass is 9.91. The average Bonchev–Trinajstić information content (AvgIpc) is 2.44. The number of carbonyl (C=O) groups excluding carboxylic acids is 2. The van der Waals surface area contributed by atoms with Crippen LogP contribution in [0.1, 0.15) is 31.8 Å². The highest BCUT2D eigenvalue weighted by atomic mass is 79.9. The number of halogens is 2. The Balaban J connectivity index is 2.91. The van der Waals surface area contributed by atoms with Crippen molar-refractivity contribution in [2.45, 2.75) is 13.8 Å². The molecule has 0 aliphatic heterocycles. The van der Waals surface area contributed by atoms with E-state index in [-0.39, 0.29) is 0 Å². The molecule has 0 unspecified atom stereocenters. The second-order valence-electron chi connectivity index (χ2n) is 4.51. The minimum absolute atomic E-state index is 0.609. The van der Waals surface area contributed by atoms with Crippen LogP contribution in [-0.4, -0.2) is 12.6 Å².